The van der Waals surface area contributed by atoms with Crippen LogP contribution in [0.1, 0.15) is 116 Å². The summed E-state index contributed by atoms with van der Waals surface area (Å²) in [5.74, 6) is 1.54. The number of hydrogen-bond acceptors (Lipinski definition) is 4. The summed E-state index contributed by atoms with van der Waals surface area (Å²) in [6.07, 6.45) is 7.34. The molecule has 0 aliphatic rings. The van der Waals surface area contributed by atoms with Crippen molar-refractivity contribution < 1.29 is 19.7 Å². The van der Waals surface area contributed by atoms with Crippen molar-refractivity contribution in [3.8, 4) is 23.0 Å². The van der Waals surface area contributed by atoms with Crippen molar-refractivity contribution >= 4 is 0 Å². The topological polar surface area (TPSA) is 58.9 Å². The maximum Gasteiger partial charge on any atom is 0.161 e. The van der Waals surface area contributed by atoms with Crippen LogP contribution in [0.15, 0.2) is 30.3 Å². The highest BCUT2D eigenvalue weighted by Crippen LogP contribution is 2.42. The second kappa shape index (κ2) is 17.2. The zero-order chi connectivity index (χ0) is 25.4. The molecular formula is C29H48O4. The predicted molar refractivity (Wildman–Crippen MR) is 141 cm³/mol. The SMILES string of the molecule is CCC(CC)c1cc(OC)c(O)c(C(C)c2ccc(O)c(OC)c2)c1.CCCC.CCCC. The van der Waals surface area contributed by atoms with E-state index in [1.54, 1.807) is 19.2 Å². The quantitative estimate of drug-likeness (QED) is 0.392. The van der Waals surface area contributed by atoms with E-state index in [2.05, 4.69) is 47.6 Å². The summed E-state index contributed by atoms with van der Waals surface area (Å²) in [5.41, 5.74) is 2.94. The van der Waals surface area contributed by atoms with Gasteiger partial charge in [0, 0.05) is 11.5 Å². The number of phenols is 2. The smallest absolute Gasteiger partial charge is 0.161 e. The Kier molecular flexibility index (Phi) is 15.9. The van der Waals surface area contributed by atoms with E-state index in [-0.39, 0.29) is 17.4 Å². The van der Waals surface area contributed by atoms with Gasteiger partial charge >= 0.3 is 0 Å². The Hall–Kier alpha value is -2.36. The maximum absolute atomic E-state index is 10.6. The van der Waals surface area contributed by atoms with Crippen molar-refractivity contribution in [2.24, 2.45) is 0 Å². The summed E-state index contributed by atoms with van der Waals surface area (Å²) in [6.45, 7) is 15.1. The Labute approximate surface area is 203 Å². The van der Waals surface area contributed by atoms with Crippen LogP contribution in [-0.2, 0) is 0 Å². The fourth-order valence-corrected chi connectivity index (χ4v) is 3.28. The lowest BCUT2D eigenvalue weighted by Crippen LogP contribution is -2.03. The molecule has 0 amide bonds. The molecule has 2 aromatic carbocycles. The lowest BCUT2D eigenvalue weighted by Gasteiger charge is -2.21. The van der Waals surface area contributed by atoms with E-state index in [4.69, 9.17) is 9.47 Å². The molecule has 0 aromatic heterocycles. The minimum Gasteiger partial charge on any atom is -0.504 e. The van der Waals surface area contributed by atoms with Crippen molar-refractivity contribution in [3.63, 3.8) is 0 Å². The molecule has 0 heterocycles. The molecule has 0 aliphatic heterocycles. The van der Waals surface area contributed by atoms with Crippen LogP contribution in [0.25, 0.3) is 0 Å². The minimum atomic E-state index is -0.0716. The molecule has 0 saturated carbocycles. The van der Waals surface area contributed by atoms with Gasteiger partial charge in [-0.25, -0.2) is 0 Å². The molecule has 0 aliphatic carbocycles. The van der Waals surface area contributed by atoms with Crippen LogP contribution in [0.3, 0.4) is 0 Å². The van der Waals surface area contributed by atoms with E-state index in [0.29, 0.717) is 17.4 Å². The largest absolute Gasteiger partial charge is 0.504 e. The fraction of sp³-hybridized carbons (Fsp3) is 0.586. The number of hydrogen-bond donors (Lipinski definition) is 2. The lowest BCUT2D eigenvalue weighted by molar-refractivity contribution is 0.368. The summed E-state index contributed by atoms with van der Waals surface area (Å²) in [7, 11) is 3.10. The van der Waals surface area contributed by atoms with E-state index in [1.807, 2.05) is 19.1 Å². The molecule has 2 N–H and O–H groups in total. The average Bonchev–Trinajstić information content (AvgIpc) is 2.85. The average molecular weight is 461 g/mol. The zero-order valence-electron chi connectivity index (χ0n) is 22.5. The molecular weight excluding hydrogens is 412 g/mol. The van der Waals surface area contributed by atoms with Gasteiger partial charge in [-0.3, -0.25) is 0 Å². The molecule has 4 heteroatoms. The Morgan fingerprint density at radius 2 is 1.18 bits per heavy atom. The summed E-state index contributed by atoms with van der Waals surface area (Å²) >= 11 is 0. The maximum atomic E-state index is 10.6. The number of benzene rings is 2. The molecule has 0 bridgehead atoms. The van der Waals surface area contributed by atoms with Crippen LogP contribution in [-0.4, -0.2) is 24.4 Å². The third-order valence-electron chi connectivity index (χ3n) is 5.97. The summed E-state index contributed by atoms with van der Waals surface area (Å²) < 4.78 is 10.6. The Balaban J connectivity index is 0.00000111. The Morgan fingerprint density at radius 1 is 0.697 bits per heavy atom. The van der Waals surface area contributed by atoms with Gasteiger partial charge in [0.25, 0.3) is 0 Å². The normalized spacial score (nSPS) is 11.1. The van der Waals surface area contributed by atoms with E-state index >= 15 is 0 Å². The van der Waals surface area contributed by atoms with Gasteiger partial charge in [0.2, 0.25) is 0 Å². The molecule has 4 nitrogen and oxygen atoms in total. The van der Waals surface area contributed by atoms with Gasteiger partial charge in [-0.2, -0.15) is 0 Å². The monoisotopic (exact) mass is 460 g/mol. The van der Waals surface area contributed by atoms with Gasteiger partial charge in [-0.05, 0) is 48.1 Å². The number of unbranched alkanes of at least 4 members (excludes halogenated alkanes) is 2. The first-order chi connectivity index (χ1) is 15.8. The van der Waals surface area contributed by atoms with Crippen LogP contribution >= 0.6 is 0 Å². The second-order valence-electron chi connectivity index (χ2n) is 8.33. The first kappa shape index (κ1) is 30.6. The van der Waals surface area contributed by atoms with Crippen molar-refractivity contribution in [3.05, 3.63) is 47.0 Å². The van der Waals surface area contributed by atoms with E-state index in [0.717, 1.165) is 24.0 Å². The second-order valence-corrected chi connectivity index (χ2v) is 8.33. The third kappa shape index (κ3) is 9.57. The molecule has 0 fully saturated rings. The molecule has 1 unspecified atom stereocenters. The number of methoxy groups -OCH3 is 2. The zero-order valence-corrected chi connectivity index (χ0v) is 22.5. The predicted octanol–water partition coefficient (Wildman–Crippen LogP) is 8.78. The van der Waals surface area contributed by atoms with Crippen molar-refractivity contribution in [1.29, 1.82) is 0 Å². The van der Waals surface area contributed by atoms with Crippen LogP contribution in [0.5, 0.6) is 23.0 Å². The number of rotatable bonds is 9. The highest BCUT2D eigenvalue weighted by atomic mass is 16.5. The lowest BCUT2D eigenvalue weighted by atomic mass is 9.86. The minimum absolute atomic E-state index is 0.0716. The molecule has 2 rings (SSSR count). The van der Waals surface area contributed by atoms with Gasteiger partial charge < -0.3 is 19.7 Å². The third-order valence-corrected chi connectivity index (χ3v) is 5.97. The summed E-state index contributed by atoms with van der Waals surface area (Å²) in [5, 5.41) is 20.5. The highest BCUT2D eigenvalue weighted by Gasteiger charge is 2.21. The first-order valence-electron chi connectivity index (χ1n) is 12.6. The van der Waals surface area contributed by atoms with E-state index in [1.165, 1.54) is 38.4 Å². The summed E-state index contributed by atoms with van der Waals surface area (Å²) in [4.78, 5) is 0. The van der Waals surface area contributed by atoms with Gasteiger partial charge in [0.1, 0.15) is 0 Å². The van der Waals surface area contributed by atoms with Gasteiger partial charge in [-0.15, -0.1) is 0 Å². The fourth-order valence-electron chi connectivity index (χ4n) is 3.28. The van der Waals surface area contributed by atoms with Crippen molar-refractivity contribution in [2.45, 2.75) is 98.8 Å². The van der Waals surface area contributed by atoms with Crippen LogP contribution < -0.4 is 9.47 Å². The number of phenolic OH excluding ortho intramolecular Hbond substituents is 2. The summed E-state index contributed by atoms with van der Waals surface area (Å²) in [6, 6.07) is 9.26. The number of aromatic hydroxyl groups is 2. The van der Waals surface area contributed by atoms with Crippen LogP contribution in [0, 0.1) is 0 Å². The van der Waals surface area contributed by atoms with Gasteiger partial charge in [0.05, 0.1) is 14.2 Å². The molecule has 2 aromatic rings. The Bertz CT molecular complexity index is 773. The van der Waals surface area contributed by atoms with Gasteiger partial charge in [-0.1, -0.05) is 86.3 Å². The van der Waals surface area contributed by atoms with Crippen molar-refractivity contribution in [2.75, 3.05) is 14.2 Å². The highest BCUT2D eigenvalue weighted by molar-refractivity contribution is 5.54. The first-order valence-corrected chi connectivity index (χ1v) is 12.6. The molecule has 0 spiro atoms. The Morgan fingerprint density at radius 3 is 1.61 bits per heavy atom. The van der Waals surface area contributed by atoms with E-state index in [9.17, 15) is 10.2 Å². The molecule has 188 valence electrons. The molecule has 33 heavy (non-hydrogen) atoms. The molecule has 0 radical (unpaired) electrons. The van der Waals surface area contributed by atoms with Crippen molar-refractivity contribution in [1.82, 2.24) is 0 Å². The molecule has 1 atom stereocenters. The van der Waals surface area contributed by atoms with Gasteiger partial charge in [0.15, 0.2) is 23.0 Å². The number of ether oxygens (including phenoxy) is 2. The van der Waals surface area contributed by atoms with E-state index < -0.39 is 0 Å². The molecule has 0 saturated heterocycles. The van der Waals surface area contributed by atoms with Crippen LogP contribution in [0.4, 0.5) is 0 Å². The standard InChI is InChI=1S/C21H28O4.2C4H10/c1-6-14(7-2)16-10-17(21(23)20(12-16)25-5)13(3)15-8-9-18(22)19(11-15)24-4;2*1-3-4-2/h8-14,22-23H,6-7H2,1-5H3;2*3-4H2,1-2H3. The van der Waals surface area contributed by atoms with Crippen LogP contribution in [0.2, 0.25) is 0 Å².